The average molecular weight is 223 g/mol. The van der Waals surface area contributed by atoms with Gasteiger partial charge in [0.25, 0.3) is 0 Å². The third kappa shape index (κ3) is 5.14. The first-order valence-electron chi connectivity index (χ1n) is 5.65. The zero-order valence-electron chi connectivity index (χ0n) is 10.1. The summed E-state index contributed by atoms with van der Waals surface area (Å²) in [6, 6.07) is 7.92. The molecule has 0 atom stereocenters. The lowest BCUT2D eigenvalue weighted by atomic mass is 10.1. The van der Waals surface area contributed by atoms with Gasteiger partial charge in [-0.1, -0.05) is 12.1 Å². The first kappa shape index (κ1) is 13.0. The second-order valence-electron chi connectivity index (χ2n) is 4.59. The van der Waals surface area contributed by atoms with E-state index in [1.165, 1.54) is 5.56 Å². The third-order valence-electron chi connectivity index (χ3n) is 2.34. The lowest BCUT2D eigenvalue weighted by Gasteiger charge is -2.17. The van der Waals surface area contributed by atoms with Crippen LogP contribution in [0.1, 0.15) is 25.8 Å². The van der Waals surface area contributed by atoms with Crippen molar-refractivity contribution in [2.75, 3.05) is 13.2 Å². The van der Waals surface area contributed by atoms with Crippen molar-refractivity contribution in [2.24, 2.45) is 5.73 Å². The van der Waals surface area contributed by atoms with E-state index < -0.39 is 5.60 Å². The van der Waals surface area contributed by atoms with Crippen LogP contribution in [0.25, 0.3) is 0 Å². The van der Waals surface area contributed by atoms with Crippen molar-refractivity contribution < 1.29 is 9.84 Å². The van der Waals surface area contributed by atoms with Crippen LogP contribution in [0.15, 0.2) is 24.3 Å². The smallest absolute Gasteiger partial charge is 0.119 e. The maximum Gasteiger partial charge on any atom is 0.119 e. The molecule has 0 aromatic heterocycles. The molecular formula is C13H21NO2. The standard InChI is InChI=1S/C13H21NO2/c1-13(2,15)8-10-16-12-5-3-11(4-6-12)7-9-14/h3-6,15H,7-10,14H2,1-2H3. The van der Waals surface area contributed by atoms with Crippen LogP contribution >= 0.6 is 0 Å². The molecule has 0 saturated heterocycles. The van der Waals surface area contributed by atoms with Gasteiger partial charge < -0.3 is 15.6 Å². The maximum absolute atomic E-state index is 9.52. The van der Waals surface area contributed by atoms with E-state index in [1.54, 1.807) is 13.8 Å². The van der Waals surface area contributed by atoms with Crippen LogP contribution < -0.4 is 10.5 Å². The normalized spacial score (nSPS) is 11.5. The Morgan fingerprint density at radius 3 is 2.38 bits per heavy atom. The second-order valence-corrected chi connectivity index (χ2v) is 4.59. The molecule has 0 aliphatic rings. The van der Waals surface area contributed by atoms with Crippen molar-refractivity contribution >= 4 is 0 Å². The fraction of sp³-hybridized carbons (Fsp3) is 0.538. The Morgan fingerprint density at radius 2 is 1.88 bits per heavy atom. The summed E-state index contributed by atoms with van der Waals surface area (Å²) < 4.78 is 5.52. The molecule has 0 radical (unpaired) electrons. The van der Waals surface area contributed by atoms with Gasteiger partial charge in [-0.25, -0.2) is 0 Å². The monoisotopic (exact) mass is 223 g/mol. The van der Waals surface area contributed by atoms with E-state index in [1.807, 2.05) is 24.3 Å². The Kier molecular flexibility index (Phi) is 4.77. The van der Waals surface area contributed by atoms with Gasteiger partial charge >= 0.3 is 0 Å². The minimum atomic E-state index is -0.667. The van der Waals surface area contributed by atoms with Crippen molar-refractivity contribution in [3.63, 3.8) is 0 Å². The molecule has 3 heteroatoms. The first-order chi connectivity index (χ1) is 7.51. The highest BCUT2D eigenvalue weighted by Gasteiger charge is 2.11. The molecule has 0 saturated carbocycles. The van der Waals surface area contributed by atoms with Gasteiger partial charge in [0.2, 0.25) is 0 Å². The quantitative estimate of drug-likeness (QED) is 0.772. The van der Waals surface area contributed by atoms with E-state index in [0.717, 1.165) is 12.2 Å². The van der Waals surface area contributed by atoms with Gasteiger partial charge in [0.15, 0.2) is 0 Å². The predicted octanol–water partition coefficient (Wildman–Crippen LogP) is 1.73. The van der Waals surface area contributed by atoms with Gasteiger partial charge in [-0.3, -0.25) is 0 Å². The Hall–Kier alpha value is -1.06. The minimum Gasteiger partial charge on any atom is -0.493 e. The summed E-state index contributed by atoms with van der Waals surface area (Å²) in [7, 11) is 0. The van der Waals surface area contributed by atoms with Gasteiger partial charge in [0, 0.05) is 6.42 Å². The first-order valence-corrected chi connectivity index (χ1v) is 5.65. The molecule has 0 unspecified atom stereocenters. The van der Waals surface area contributed by atoms with E-state index in [2.05, 4.69) is 0 Å². The zero-order valence-corrected chi connectivity index (χ0v) is 10.1. The summed E-state index contributed by atoms with van der Waals surface area (Å²) in [6.07, 6.45) is 1.52. The average Bonchev–Trinajstić information content (AvgIpc) is 2.19. The Morgan fingerprint density at radius 1 is 1.25 bits per heavy atom. The molecule has 0 amide bonds. The van der Waals surface area contributed by atoms with Gasteiger partial charge in [-0.05, 0) is 44.5 Å². The summed E-state index contributed by atoms with van der Waals surface area (Å²) in [6.45, 7) is 4.75. The van der Waals surface area contributed by atoms with Gasteiger partial charge in [-0.2, -0.15) is 0 Å². The van der Waals surface area contributed by atoms with Gasteiger partial charge in [0.05, 0.1) is 12.2 Å². The number of aliphatic hydroxyl groups is 1. The molecule has 1 aromatic carbocycles. The van der Waals surface area contributed by atoms with Crippen LogP contribution in [-0.4, -0.2) is 23.9 Å². The largest absolute Gasteiger partial charge is 0.493 e. The molecule has 90 valence electrons. The van der Waals surface area contributed by atoms with Crippen molar-refractivity contribution in [3.05, 3.63) is 29.8 Å². The molecular weight excluding hydrogens is 202 g/mol. The van der Waals surface area contributed by atoms with Crippen LogP contribution in [0.2, 0.25) is 0 Å². The topological polar surface area (TPSA) is 55.5 Å². The van der Waals surface area contributed by atoms with Crippen LogP contribution in [0.5, 0.6) is 5.75 Å². The van der Waals surface area contributed by atoms with Crippen LogP contribution in [0, 0.1) is 0 Å². The van der Waals surface area contributed by atoms with E-state index in [-0.39, 0.29) is 0 Å². The summed E-state index contributed by atoms with van der Waals surface area (Å²) >= 11 is 0. The molecule has 1 aromatic rings. The van der Waals surface area contributed by atoms with Crippen molar-refractivity contribution in [3.8, 4) is 5.75 Å². The predicted molar refractivity (Wildman–Crippen MR) is 65.6 cm³/mol. The molecule has 16 heavy (non-hydrogen) atoms. The second kappa shape index (κ2) is 5.87. The number of rotatable bonds is 6. The fourth-order valence-electron chi connectivity index (χ4n) is 1.34. The number of ether oxygens (including phenoxy) is 1. The van der Waals surface area contributed by atoms with E-state index in [4.69, 9.17) is 10.5 Å². The van der Waals surface area contributed by atoms with E-state index in [0.29, 0.717) is 19.6 Å². The zero-order chi connectivity index (χ0) is 12.0. The number of hydrogen-bond donors (Lipinski definition) is 2. The highest BCUT2D eigenvalue weighted by Crippen LogP contribution is 2.14. The number of benzene rings is 1. The summed E-state index contributed by atoms with van der Waals surface area (Å²) in [5.41, 5.74) is 6.02. The van der Waals surface area contributed by atoms with Gasteiger partial charge in [-0.15, -0.1) is 0 Å². The van der Waals surface area contributed by atoms with Gasteiger partial charge in [0.1, 0.15) is 5.75 Å². The van der Waals surface area contributed by atoms with Crippen molar-refractivity contribution in [2.45, 2.75) is 32.3 Å². The lowest BCUT2D eigenvalue weighted by Crippen LogP contribution is -2.21. The minimum absolute atomic E-state index is 0.528. The molecule has 0 spiro atoms. The highest BCUT2D eigenvalue weighted by atomic mass is 16.5. The van der Waals surface area contributed by atoms with E-state index in [9.17, 15) is 5.11 Å². The SMILES string of the molecule is CC(C)(O)CCOc1ccc(CCN)cc1. The maximum atomic E-state index is 9.52. The molecule has 0 aliphatic carbocycles. The molecule has 3 N–H and O–H groups in total. The Bertz CT molecular complexity index is 301. The fourth-order valence-corrected chi connectivity index (χ4v) is 1.34. The lowest BCUT2D eigenvalue weighted by molar-refractivity contribution is 0.0553. The molecule has 0 fully saturated rings. The molecule has 0 heterocycles. The molecule has 0 bridgehead atoms. The van der Waals surface area contributed by atoms with Crippen LogP contribution in [0.4, 0.5) is 0 Å². The van der Waals surface area contributed by atoms with Crippen molar-refractivity contribution in [1.29, 1.82) is 0 Å². The Labute approximate surface area is 97.2 Å². The summed E-state index contributed by atoms with van der Waals surface area (Å²) in [4.78, 5) is 0. The van der Waals surface area contributed by atoms with Crippen LogP contribution in [0.3, 0.4) is 0 Å². The summed E-state index contributed by atoms with van der Waals surface area (Å²) in [5.74, 6) is 0.838. The number of nitrogens with two attached hydrogens (primary N) is 1. The molecule has 0 aliphatic heterocycles. The number of hydrogen-bond acceptors (Lipinski definition) is 3. The van der Waals surface area contributed by atoms with E-state index >= 15 is 0 Å². The Balaban J connectivity index is 2.37. The third-order valence-corrected chi connectivity index (χ3v) is 2.34. The van der Waals surface area contributed by atoms with Crippen LogP contribution in [-0.2, 0) is 6.42 Å². The summed E-state index contributed by atoms with van der Waals surface area (Å²) in [5, 5.41) is 9.52. The molecule has 1 rings (SSSR count). The highest BCUT2D eigenvalue weighted by molar-refractivity contribution is 5.27. The molecule has 3 nitrogen and oxygen atoms in total. The van der Waals surface area contributed by atoms with Crippen molar-refractivity contribution in [1.82, 2.24) is 0 Å².